The molecule has 0 aromatic carbocycles. The van der Waals surface area contributed by atoms with Crippen LogP contribution in [0.25, 0.3) is 0 Å². The average Bonchev–Trinajstić information content (AvgIpc) is 2.71. The lowest BCUT2D eigenvalue weighted by Gasteiger charge is -2.00. The number of hydrogen-bond donors (Lipinski definition) is 1. The highest BCUT2D eigenvalue weighted by Gasteiger charge is 2.23. The van der Waals surface area contributed by atoms with Crippen LogP contribution in [0.15, 0.2) is 17.1 Å². The van der Waals surface area contributed by atoms with Crippen molar-refractivity contribution in [3.8, 4) is 5.75 Å². The van der Waals surface area contributed by atoms with Gasteiger partial charge in [-0.15, -0.1) is 0 Å². The Bertz CT molecular complexity index is 303. The normalized spacial score (nSPS) is 16.4. The van der Waals surface area contributed by atoms with Crippen LogP contribution in [0.4, 0.5) is 0 Å². The van der Waals surface area contributed by atoms with Gasteiger partial charge in [-0.25, -0.2) is 5.10 Å². The average molecular weight is 152 g/mol. The van der Waals surface area contributed by atoms with Crippen molar-refractivity contribution in [1.29, 1.82) is 0 Å². The fourth-order valence-corrected chi connectivity index (χ4v) is 0.801. The Morgan fingerprint density at radius 2 is 2.45 bits per heavy atom. The minimum atomic E-state index is -0.219. The molecule has 0 radical (unpaired) electrons. The van der Waals surface area contributed by atoms with Gasteiger partial charge in [-0.3, -0.25) is 4.79 Å². The van der Waals surface area contributed by atoms with Crippen molar-refractivity contribution in [2.24, 2.45) is 0 Å². The Morgan fingerprint density at radius 1 is 1.64 bits per heavy atom. The Hall–Kier alpha value is -1.32. The first kappa shape index (κ1) is 6.39. The molecular weight excluding hydrogens is 144 g/mol. The van der Waals surface area contributed by atoms with Gasteiger partial charge in [0.05, 0.1) is 12.3 Å². The first-order valence-corrected chi connectivity index (χ1v) is 3.56. The summed E-state index contributed by atoms with van der Waals surface area (Å²) in [7, 11) is 0. The van der Waals surface area contributed by atoms with Gasteiger partial charge in [0, 0.05) is 6.07 Å². The van der Waals surface area contributed by atoms with Gasteiger partial charge in [-0.2, -0.15) is 5.10 Å². The van der Waals surface area contributed by atoms with E-state index in [0.29, 0.717) is 11.9 Å². The highest BCUT2D eigenvalue weighted by molar-refractivity contribution is 5.14. The first-order chi connectivity index (χ1) is 5.34. The Morgan fingerprint density at radius 3 is 3.09 bits per heavy atom. The maximum Gasteiger partial charge on any atom is 0.267 e. The van der Waals surface area contributed by atoms with E-state index in [2.05, 4.69) is 10.2 Å². The lowest BCUT2D eigenvalue weighted by Crippen LogP contribution is -2.07. The molecule has 4 heteroatoms. The predicted molar refractivity (Wildman–Crippen MR) is 38.5 cm³/mol. The van der Waals surface area contributed by atoms with E-state index < -0.39 is 0 Å². The lowest BCUT2D eigenvalue weighted by molar-refractivity contribution is 0.301. The summed E-state index contributed by atoms with van der Waals surface area (Å²) in [5, 5.41) is 5.88. The minimum Gasteiger partial charge on any atom is -0.489 e. The molecule has 1 aliphatic rings. The van der Waals surface area contributed by atoms with Gasteiger partial charge in [0.15, 0.2) is 0 Å². The molecule has 0 aliphatic heterocycles. The molecule has 2 rings (SSSR count). The summed E-state index contributed by atoms with van der Waals surface area (Å²) < 4.78 is 5.32. The molecule has 0 amide bonds. The molecule has 0 spiro atoms. The Balaban J connectivity index is 2.16. The molecule has 1 aliphatic carbocycles. The molecule has 0 saturated heterocycles. The van der Waals surface area contributed by atoms with Gasteiger partial charge in [0.2, 0.25) is 0 Å². The van der Waals surface area contributed by atoms with Gasteiger partial charge < -0.3 is 4.74 Å². The third kappa shape index (κ3) is 1.58. The van der Waals surface area contributed by atoms with E-state index in [9.17, 15) is 4.79 Å². The van der Waals surface area contributed by atoms with Gasteiger partial charge >= 0.3 is 0 Å². The van der Waals surface area contributed by atoms with Crippen molar-refractivity contribution in [1.82, 2.24) is 10.2 Å². The second kappa shape index (κ2) is 2.38. The fraction of sp³-hybridized carbons (Fsp3) is 0.429. The maximum atomic E-state index is 10.7. The first-order valence-electron chi connectivity index (χ1n) is 3.56. The number of nitrogens with one attached hydrogen (secondary N) is 1. The van der Waals surface area contributed by atoms with Gasteiger partial charge in [-0.05, 0) is 12.8 Å². The molecule has 0 atom stereocenters. The van der Waals surface area contributed by atoms with Crippen LogP contribution < -0.4 is 10.3 Å². The largest absolute Gasteiger partial charge is 0.489 e. The Labute approximate surface area is 63.2 Å². The number of aromatic amines is 1. The van der Waals surface area contributed by atoms with Crippen molar-refractivity contribution < 1.29 is 4.74 Å². The molecule has 1 aromatic heterocycles. The van der Waals surface area contributed by atoms with Crippen LogP contribution >= 0.6 is 0 Å². The fourth-order valence-electron chi connectivity index (χ4n) is 0.801. The number of aromatic nitrogens is 2. The van der Waals surface area contributed by atoms with Crippen LogP contribution in [0.5, 0.6) is 5.75 Å². The van der Waals surface area contributed by atoms with Crippen LogP contribution in [0.2, 0.25) is 0 Å². The van der Waals surface area contributed by atoms with E-state index in [-0.39, 0.29) is 5.56 Å². The number of H-pyrrole nitrogens is 1. The monoisotopic (exact) mass is 152 g/mol. The highest BCUT2D eigenvalue weighted by Crippen LogP contribution is 2.24. The second-order valence-electron chi connectivity index (χ2n) is 2.60. The van der Waals surface area contributed by atoms with Crippen molar-refractivity contribution in [2.45, 2.75) is 18.9 Å². The third-order valence-electron chi connectivity index (χ3n) is 1.47. The van der Waals surface area contributed by atoms with Crippen LogP contribution in [0.1, 0.15) is 12.8 Å². The third-order valence-corrected chi connectivity index (χ3v) is 1.47. The summed E-state index contributed by atoms with van der Waals surface area (Å²) in [5.41, 5.74) is -0.219. The van der Waals surface area contributed by atoms with Crippen LogP contribution in [-0.2, 0) is 0 Å². The standard InChI is InChI=1S/C7H8N2O2/c10-7-3-6(4-8-9-7)11-5-1-2-5/h3-5H,1-2H2,(H,9,10). The molecule has 1 N–H and O–H groups in total. The molecule has 1 heterocycles. The van der Waals surface area contributed by atoms with Crippen LogP contribution in [0, 0.1) is 0 Å². The van der Waals surface area contributed by atoms with Crippen LogP contribution in [0.3, 0.4) is 0 Å². The zero-order chi connectivity index (χ0) is 7.68. The molecule has 0 bridgehead atoms. The molecule has 11 heavy (non-hydrogen) atoms. The molecule has 1 aromatic rings. The summed E-state index contributed by atoms with van der Waals surface area (Å²) in [5.74, 6) is 0.566. The second-order valence-corrected chi connectivity index (χ2v) is 2.60. The zero-order valence-electron chi connectivity index (χ0n) is 5.91. The van der Waals surface area contributed by atoms with Crippen molar-refractivity contribution in [3.63, 3.8) is 0 Å². The molecule has 1 fully saturated rings. The number of ether oxygens (including phenoxy) is 1. The van der Waals surface area contributed by atoms with E-state index in [0.717, 1.165) is 12.8 Å². The smallest absolute Gasteiger partial charge is 0.267 e. The minimum absolute atomic E-state index is 0.219. The van der Waals surface area contributed by atoms with Crippen LogP contribution in [-0.4, -0.2) is 16.3 Å². The maximum absolute atomic E-state index is 10.7. The molecule has 58 valence electrons. The predicted octanol–water partition coefficient (Wildman–Crippen LogP) is 0.311. The van der Waals surface area contributed by atoms with Gasteiger partial charge in [0.1, 0.15) is 5.75 Å². The van der Waals surface area contributed by atoms with E-state index in [1.807, 2.05) is 0 Å². The summed E-state index contributed by atoms with van der Waals surface area (Å²) >= 11 is 0. The molecule has 0 unspecified atom stereocenters. The summed E-state index contributed by atoms with van der Waals surface area (Å²) in [6.45, 7) is 0. The zero-order valence-corrected chi connectivity index (χ0v) is 5.91. The van der Waals surface area contributed by atoms with Crippen molar-refractivity contribution in [3.05, 3.63) is 22.6 Å². The number of rotatable bonds is 2. The van der Waals surface area contributed by atoms with Crippen molar-refractivity contribution >= 4 is 0 Å². The highest BCUT2D eigenvalue weighted by atomic mass is 16.5. The number of hydrogen-bond acceptors (Lipinski definition) is 3. The van der Waals surface area contributed by atoms with E-state index in [1.165, 1.54) is 12.3 Å². The summed E-state index contributed by atoms with van der Waals surface area (Å²) in [4.78, 5) is 10.7. The molecule has 4 nitrogen and oxygen atoms in total. The SMILES string of the molecule is O=c1cc(OC2CC2)cn[nH]1. The summed E-state index contributed by atoms with van der Waals surface area (Å²) in [6.07, 6.45) is 4.01. The quantitative estimate of drug-likeness (QED) is 0.663. The van der Waals surface area contributed by atoms with Gasteiger partial charge in [0.25, 0.3) is 5.56 Å². The lowest BCUT2D eigenvalue weighted by atomic mass is 10.5. The Kier molecular flexibility index (Phi) is 1.38. The topological polar surface area (TPSA) is 55.0 Å². The molecular formula is C7H8N2O2. The molecule has 1 saturated carbocycles. The van der Waals surface area contributed by atoms with E-state index >= 15 is 0 Å². The van der Waals surface area contributed by atoms with E-state index in [4.69, 9.17) is 4.74 Å². The van der Waals surface area contributed by atoms with Crippen molar-refractivity contribution in [2.75, 3.05) is 0 Å². The number of nitrogens with zero attached hydrogens (tertiary/aromatic N) is 1. The van der Waals surface area contributed by atoms with Gasteiger partial charge in [-0.1, -0.05) is 0 Å². The summed E-state index contributed by atoms with van der Waals surface area (Å²) in [6, 6.07) is 1.41. The van der Waals surface area contributed by atoms with E-state index in [1.54, 1.807) is 0 Å².